The van der Waals surface area contributed by atoms with Crippen LogP contribution >= 0.6 is 0 Å². The van der Waals surface area contributed by atoms with Crippen LogP contribution in [0.4, 0.5) is 5.82 Å². The molecule has 1 aliphatic rings. The minimum atomic E-state index is -0.998. The summed E-state index contributed by atoms with van der Waals surface area (Å²) in [4.78, 5) is 21.7. The zero-order chi connectivity index (χ0) is 14.8. The van der Waals surface area contributed by atoms with Crippen molar-refractivity contribution in [2.45, 2.75) is 19.4 Å². The third-order valence-electron chi connectivity index (χ3n) is 3.83. The molecule has 21 heavy (non-hydrogen) atoms. The van der Waals surface area contributed by atoms with Crippen molar-refractivity contribution in [3.63, 3.8) is 0 Å². The number of nitrogens with zero attached hydrogens (tertiary/aromatic N) is 3. The molecule has 2 atom stereocenters. The van der Waals surface area contributed by atoms with Gasteiger partial charge in [0.05, 0.1) is 6.04 Å². The van der Waals surface area contributed by atoms with Gasteiger partial charge < -0.3 is 10.0 Å². The zero-order valence-electron chi connectivity index (χ0n) is 11.8. The minimum absolute atomic E-state index is 0.0805. The summed E-state index contributed by atoms with van der Waals surface area (Å²) in [6.45, 7) is 3.07. The second-order valence-corrected chi connectivity index (χ2v) is 5.48. The molecule has 5 nitrogen and oxygen atoms in total. The SMILES string of the molecule is CC1CC(c2cccnc2)N(c2cccc(C(=O)O)n2)C1. The van der Waals surface area contributed by atoms with Crippen molar-refractivity contribution < 1.29 is 9.90 Å². The first-order valence-electron chi connectivity index (χ1n) is 7.02. The van der Waals surface area contributed by atoms with Gasteiger partial charge in [-0.2, -0.15) is 0 Å². The number of carbonyl (C=O) groups is 1. The fourth-order valence-electron chi connectivity index (χ4n) is 2.89. The number of rotatable bonds is 3. The van der Waals surface area contributed by atoms with Crippen LogP contribution in [0, 0.1) is 5.92 Å². The smallest absolute Gasteiger partial charge is 0.354 e. The molecule has 1 saturated heterocycles. The number of hydrogen-bond donors (Lipinski definition) is 1. The third kappa shape index (κ3) is 2.72. The molecule has 1 aliphatic heterocycles. The van der Waals surface area contributed by atoms with Gasteiger partial charge in [0.15, 0.2) is 5.69 Å². The van der Waals surface area contributed by atoms with Crippen molar-refractivity contribution in [2.75, 3.05) is 11.4 Å². The molecule has 0 bridgehead atoms. The van der Waals surface area contributed by atoms with Crippen LogP contribution in [0.25, 0.3) is 0 Å². The molecule has 0 aliphatic carbocycles. The molecule has 3 rings (SSSR count). The van der Waals surface area contributed by atoms with Gasteiger partial charge in [-0.1, -0.05) is 19.1 Å². The molecule has 5 heteroatoms. The standard InChI is InChI=1S/C16H17N3O2/c1-11-8-14(12-4-3-7-17-9-12)19(10-11)15-6-2-5-13(18-15)16(20)21/h2-7,9,11,14H,8,10H2,1H3,(H,20,21). The number of aromatic carboxylic acids is 1. The van der Waals surface area contributed by atoms with Crippen molar-refractivity contribution >= 4 is 11.8 Å². The first-order valence-corrected chi connectivity index (χ1v) is 7.02. The van der Waals surface area contributed by atoms with Gasteiger partial charge >= 0.3 is 5.97 Å². The highest BCUT2D eigenvalue weighted by atomic mass is 16.4. The second kappa shape index (κ2) is 5.52. The summed E-state index contributed by atoms with van der Waals surface area (Å²) in [5, 5.41) is 9.10. The number of anilines is 1. The number of aromatic nitrogens is 2. The van der Waals surface area contributed by atoms with E-state index in [0.717, 1.165) is 18.5 Å². The maximum absolute atomic E-state index is 11.1. The Morgan fingerprint density at radius 2 is 2.19 bits per heavy atom. The normalized spacial score (nSPS) is 21.5. The zero-order valence-corrected chi connectivity index (χ0v) is 11.8. The Kier molecular flexibility index (Phi) is 3.56. The number of carboxylic acids is 1. The van der Waals surface area contributed by atoms with Gasteiger partial charge in [0.25, 0.3) is 0 Å². The van der Waals surface area contributed by atoms with Crippen molar-refractivity contribution in [3.8, 4) is 0 Å². The van der Waals surface area contributed by atoms with Gasteiger partial charge in [0.1, 0.15) is 5.82 Å². The molecule has 3 heterocycles. The maximum Gasteiger partial charge on any atom is 0.354 e. The molecule has 0 spiro atoms. The lowest BCUT2D eigenvalue weighted by atomic mass is 10.0. The lowest BCUT2D eigenvalue weighted by Gasteiger charge is -2.26. The van der Waals surface area contributed by atoms with E-state index in [9.17, 15) is 4.79 Å². The molecular weight excluding hydrogens is 266 g/mol. The van der Waals surface area contributed by atoms with Crippen LogP contribution in [-0.4, -0.2) is 27.6 Å². The predicted molar refractivity (Wildman–Crippen MR) is 79.3 cm³/mol. The summed E-state index contributed by atoms with van der Waals surface area (Å²) in [7, 11) is 0. The molecule has 1 N–H and O–H groups in total. The van der Waals surface area contributed by atoms with E-state index in [-0.39, 0.29) is 11.7 Å². The van der Waals surface area contributed by atoms with E-state index < -0.39 is 5.97 Å². The first-order chi connectivity index (χ1) is 10.1. The summed E-state index contributed by atoms with van der Waals surface area (Å²) in [5.74, 6) is 0.251. The Morgan fingerprint density at radius 3 is 2.90 bits per heavy atom. The predicted octanol–water partition coefficient (Wildman–Crippen LogP) is 2.76. The van der Waals surface area contributed by atoms with E-state index in [4.69, 9.17) is 5.11 Å². The van der Waals surface area contributed by atoms with E-state index in [1.807, 2.05) is 18.3 Å². The second-order valence-electron chi connectivity index (χ2n) is 5.48. The van der Waals surface area contributed by atoms with Gasteiger partial charge in [0, 0.05) is 18.9 Å². The highest BCUT2D eigenvalue weighted by Crippen LogP contribution is 2.37. The summed E-state index contributed by atoms with van der Waals surface area (Å²) in [6.07, 6.45) is 4.65. The van der Waals surface area contributed by atoms with Crippen molar-refractivity contribution in [2.24, 2.45) is 5.92 Å². The van der Waals surface area contributed by atoms with Crippen LogP contribution in [0.3, 0.4) is 0 Å². The average molecular weight is 283 g/mol. The van der Waals surface area contributed by atoms with Gasteiger partial charge in [-0.05, 0) is 36.1 Å². The van der Waals surface area contributed by atoms with Crippen molar-refractivity contribution in [1.29, 1.82) is 0 Å². The molecule has 2 aromatic heterocycles. The molecule has 108 valence electrons. The number of hydrogen-bond acceptors (Lipinski definition) is 4. The Balaban J connectivity index is 1.96. The Morgan fingerprint density at radius 1 is 1.33 bits per heavy atom. The number of carboxylic acid groups (broad SMARTS) is 1. The molecule has 0 aromatic carbocycles. The van der Waals surface area contributed by atoms with E-state index in [0.29, 0.717) is 11.7 Å². The molecular formula is C16H17N3O2. The molecule has 0 amide bonds. The Bertz CT molecular complexity index is 645. The molecule has 0 radical (unpaired) electrons. The summed E-state index contributed by atoms with van der Waals surface area (Å²) < 4.78 is 0. The summed E-state index contributed by atoms with van der Waals surface area (Å²) >= 11 is 0. The Labute approximate surface area is 123 Å². The fourth-order valence-corrected chi connectivity index (χ4v) is 2.89. The topological polar surface area (TPSA) is 66.3 Å². The monoisotopic (exact) mass is 283 g/mol. The van der Waals surface area contributed by atoms with Gasteiger partial charge in [-0.15, -0.1) is 0 Å². The van der Waals surface area contributed by atoms with Crippen LogP contribution in [0.5, 0.6) is 0 Å². The van der Waals surface area contributed by atoms with Crippen LogP contribution < -0.4 is 4.90 Å². The van der Waals surface area contributed by atoms with Crippen LogP contribution in [0.1, 0.15) is 35.4 Å². The molecule has 1 fully saturated rings. The number of pyridine rings is 2. The van der Waals surface area contributed by atoms with E-state index in [1.54, 1.807) is 12.3 Å². The highest BCUT2D eigenvalue weighted by molar-refractivity contribution is 5.85. The van der Waals surface area contributed by atoms with Gasteiger partial charge in [0.2, 0.25) is 0 Å². The molecule has 2 aromatic rings. The molecule has 0 saturated carbocycles. The molecule has 2 unspecified atom stereocenters. The fraction of sp³-hybridized carbons (Fsp3) is 0.312. The first kappa shape index (κ1) is 13.5. The average Bonchev–Trinajstić information content (AvgIpc) is 2.90. The summed E-state index contributed by atoms with van der Waals surface area (Å²) in [5.41, 5.74) is 1.22. The van der Waals surface area contributed by atoms with Gasteiger partial charge in [-0.25, -0.2) is 9.78 Å². The van der Waals surface area contributed by atoms with E-state index in [1.165, 1.54) is 6.07 Å². The largest absolute Gasteiger partial charge is 0.477 e. The van der Waals surface area contributed by atoms with E-state index in [2.05, 4.69) is 27.9 Å². The van der Waals surface area contributed by atoms with Crippen LogP contribution in [0.15, 0.2) is 42.7 Å². The Hall–Kier alpha value is -2.43. The van der Waals surface area contributed by atoms with Crippen molar-refractivity contribution in [1.82, 2.24) is 9.97 Å². The third-order valence-corrected chi connectivity index (χ3v) is 3.83. The minimum Gasteiger partial charge on any atom is -0.477 e. The highest BCUT2D eigenvalue weighted by Gasteiger charge is 2.32. The maximum atomic E-state index is 11.1. The van der Waals surface area contributed by atoms with Crippen LogP contribution in [-0.2, 0) is 0 Å². The van der Waals surface area contributed by atoms with E-state index >= 15 is 0 Å². The lowest BCUT2D eigenvalue weighted by molar-refractivity contribution is 0.0690. The van der Waals surface area contributed by atoms with Gasteiger partial charge in [-0.3, -0.25) is 4.98 Å². The quantitative estimate of drug-likeness (QED) is 0.938. The van der Waals surface area contributed by atoms with Crippen LogP contribution in [0.2, 0.25) is 0 Å². The lowest BCUT2D eigenvalue weighted by Crippen LogP contribution is -2.24. The van der Waals surface area contributed by atoms with Crippen molar-refractivity contribution in [3.05, 3.63) is 54.0 Å². The summed E-state index contributed by atoms with van der Waals surface area (Å²) in [6, 6.07) is 9.32.